The zero-order valence-corrected chi connectivity index (χ0v) is 11.8. The van der Waals surface area contributed by atoms with Crippen LogP contribution in [-0.4, -0.2) is 5.91 Å². The van der Waals surface area contributed by atoms with E-state index in [1.54, 1.807) is 6.07 Å². The molecule has 1 N–H and O–H groups in total. The van der Waals surface area contributed by atoms with Gasteiger partial charge in [0, 0.05) is 5.69 Å². The number of anilines is 1. The summed E-state index contributed by atoms with van der Waals surface area (Å²) in [7, 11) is 0. The van der Waals surface area contributed by atoms with Gasteiger partial charge in [-0.2, -0.15) is 0 Å². The van der Waals surface area contributed by atoms with Crippen molar-refractivity contribution in [1.29, 1.82) is 0 Å². The SMILES string of the molecule is CC(C)c1ccc(NC(=O)c2ccoc2Br)cc1. The van der Waals surface area contributed by atoms with Crippen LogP contribution >= 0.6 is 15.9 Å². The van der Waals surface area contributed by atoms with E-state index in [0.717, 1.165) is 5.69 Å². The van der Waals surface area contributed by atoms with E-state index in [1.807, 2.05) is 24.3 Å². The van der Waals surface area contributed by atoms with Gasteiger partial charge in [0.05, 0.1) is 11.8 Å². The summed E-state index contributed by atoms with van der Waals surface area (Å²) in [5, 5.41) is 2.82. The van der Waals surface area contributed by atoms with Crippen molar-refractivity contribution >= 4 is 27.5 Å². The standard InChI is InChI=1S/C14H14BrNO2/c1-9(2)10-3-5-11(6-4-10)16-14(17)12-7-8-18-13(12)15/h3-9H,1-2H3,(H,16,17). The molecule has 2 rings (SSSR count). The van der Waals surface area contributed by atoms with Gasteiger partial charge >= 0.3 is 0 Å². The molecule has 18 heavy (non-hydrogen) atoms. The topological polar surface area (TPSA) is 42.2 Å². The third kappa shape index (κ3) is 2.82. The van der Waals surface area contributed by atoms with Crippen molar-refractivity contribution in [3.8, 4) is 0 Å². The molecule has 1 aromatic carbocycles. The highest BCUT2D eigenvalue weighted by Gasteiger charge is 2.12. The van der Waals surface area contributed by atoms with E-state index in [1.165, 1.54) is 11.8 Å². The van der Waals surface area contributed by atoms with E-state index < -0.39 is 0 Å². The summed E-state index contributed by atoms with van der Waals surface area (Å²) >= 11 is 3.18. The molecular formula is C14H14BrNO2. The summed E-state index contributed by atoms with van der Waals surface area (Å²) in [5.41, 5.74) is 2.51. The van der Waals surface area contributed by atoms with Crippen LogP contribution in [0.5, 0.6) is 0 Å². The minimum absolute atomic E-state index is 0.187. The number of nitrogens with one attached hydrogen (secondary N) is 1. The molecule has 0 saturated heterocycles. The smallest absolute Gasteiger partial charge is 0.260 e. The summed E-state index contributed by atoms with van der Waals surface area (Å²) in [5.74, 6) is 0.297. The molecule has 0 bridgehead atoms. The van der Waals surface area contributed by atoms with Crippen LogP contribution in [-0.2, 0) is 0 Å². The highest BCUT2D eigenvalue weighted by Crippen LogP contribution is 2.20. The van der Waals surface area contributed by atoms with Gasteiger partial charge in [-0.1, -0.05) is 26.0 Å². The molecule has 0 aliphatic heterocycles. The Balaban J connectivity index is 2.10. The van der Waals surface area contributed by atoms with Crippen molar-refractivity contribution in [3.63, 3.8) is 0 Å². The maximum absolute atomic E-state index is 11.9. The average molecular weight is 308 g/mol. The number of carbonyl (C=O) groups excluding carboxylic acids is 1. The Kier molecular flexibility index (Phi) is 3.87. The van der Waals surface area contributed by atoms with E-state index in [9.17, 15) is 4.79 Å². The number of rotatable bonds is 3. The lowest BCUT2D eigenvalue weighted by Gasteiger charge is -2.07. The first kappa shape index (κ1) is 12.9. The van der Waals surface area contributed by atoms with Gasteiger partial charge in [-0.15, -0.1) is 0 Å². The van der Waals surface area contributed by atoms with Crippen molar-refractivity contribution in [2.24, 2.45) is 0 Å². The van der Waals surface area contributed by atoms with Gasteiger partial charge in [-0.05, 0) is 45.6 Å². The normalized spacial score (nSPS) is 10.7. The summed E-state index contributed by atoms with van der Waals surface area (Å²) in [6.07, 6.45) is 1.47. The van der Waals surface area contributed by atoms with Crippen LogP contribution in [0.3, 0.4) is 0 Å². The van der Waals surface area contributed by atoms with Crippen LogP contribution in [0.2, 0.25) is 0 Å². The van der Waals surface area contributed by atoms with E-state index in [4.69, 9.17) is 4.42 Å². The molecule has 94 valence electrons. The molecule has 0 spiro atoms. The van der Waals surface area contributed by atoms with Crippen LogP contribution in [0.4, 0.5) is 5.69 Å². The molecule has 0 unspecified atom stereocenters. The Morgan fingerprint density at radius 3 is 2.39 bits per heavy atom. The molecular weight excluding hydrogens is 294 g/mol. The van der Waals surface area contributed by atoms with E-state index >= 15 is 0 Å². The Hall–Kier alpha value is -1.55. The highest BCUT2D eigenvalue weighted by atomic mass is 79.9. The minimum Gasteiger partial charge on any atom is -0.457 e. The number of benzene rings is 1. The molecule has 1 aromatic heterocycles. The first-order chi connectivity index (χ1) is 8.58. The van der Waals surface area contributed by atoms with Gasteiger partial charge < -0.3 is 9.73 Å². The van der Waals surface area contributed by atoms with Crippen molar-refractivity contribution in [3.05, 3.63) is 52.4 Å². The van der Waals surface area contributed by atoms with Gasteiger partial charge in [-0.3, -0.25) is 4.79 Å². The molecule has 0 aliphatic carbocycles. The molecule has 1 amide bonds. The van der Waals surface area contributed by atoms with Gasteiger partial charge in [0.1, 0.15) is 0 Å². The summed E-state index contributed by atoms with van der Waals surface area (Å²) < 4.78 is 5.47. The summed E-state index contributed by atoms with van der Waals surface area (Å²) in [4.78, 5) is 11.9. The van der Waals surface area contributed by atoms with Gasteiger partial charge in [0.2, 0.25) is 0 Å². The zero-order chi connectivity index (χ0) is 13.1. The second-order valence-corrected chi connectivity index (χ2v) is 5.06. The lowest BCUT2D eigenvalue weighted by Crippen LogP contribution is -2.11. The molecule has 3 nitrogen and oxygen atoms in total. The van der Waals surface area contributed by atoms with Crippen molar-refractivity contribution in [2.45, 2.75) is 19.8 Å². The number of hydrogen-bond donors (Lipinski definition) is 1. The molecule has 0 radical (unpaired) electrons. The lowest BCUT2D eigenvalue weighted by atomic mass is 10.0. The Bertz CT molecular complexity index is 543. The van der Waals surface area contributed by atoms with Crippen LogP contribution < -0.4 is 5.32 Å². The number of carbonyl (C=O) groups is 1. The molecule has 2 aromatic rings. The zero-order valence-electron chi connectivity index (χ0n) is 10.2. The van der Waals surface area contributed by atoms with E-state index in [-0.39, 0.29) is 5.91 Å². The summed E-state index contributed by atoms with van der Waals surface area (Å²) in [6.45, 7) is 4.27. The van der Waals surface area contributed by atoms with Crippen LogP contribution in [0.25, 0.3) is 0 Å². The number of amides is 1. The first-order valence-corrected chi connectivity index (χ1v) is 6.51. The van der Waals surface area contributed by atoms with Gasteiger partial charge in [0.25, 0.3) is 5.91 Å². The Morgan fingerprint density at radius 2 is 1.89 bits per heavy atom. The van der Waals surface area contributed by atoms with Crippen molar-refractivity contribution in [1.82, 2.24) is 0 Å². The molecule has 0 aliphatic rings. The molecule has 1 heterocycles. The number of furan rings is 1. The van der Waals surface area contributed by atoms with Crippen LogP contribution in [0.15, 0.2) is 45.7 Å². The maximum atomic E-state index is 11.9. The fraction of sp³-hybridized carbons (Fsp3) is 0.214. The molecule has 0 fully saturated rings. The maximum Gasteiger partial charge on any atom is 0.260 e. The molecule has 0 atom stereocenters. The van der Waals surface area contributed by atoms with Crippen LogP contribution in [0, 0.1) is 0 Å². The predicted molar refractivity (Wildman–Crippen MR) is 74.9 cm³/mol. The number of halogens is 1. The fourth-order valence-electron chi connectivity index (χ4n) is 1.61. The van der Waals surface area contributed by atoms with Crippen molar-refractivity contribution < 1.29 is 9.21 Å². The quantitative estimate of drug-likeness (QED) is 0.912. The number of hydrogen-bond acceptors (Lipinski definition) is 2. The monoisotopic (exact) mass is 307 g/mol. The van der Waals surface area contributed by atoms with Gasteiger partial charge in [0.15, 0.2) is 4.67 Å². The Morgan fingerprint density at radius 1 is 1.22 bits per heavy atom. The van der Waals surface area contributed by atoms with E-state index in [2.05, 4.69) is 35.1 Å². The predicted octanol–water partition coefficient (Wildman–Crippen LogP) is 4.42. The molecule has 4 heteroatoms. The molecule has 0 saturated carbocycles. The van der Waals surface area contributed by atoms with Crippen LogP contribution in [0.1, 0.15) is 35.7 Å². The third-order valence-corrected chi connectivity index (χ3v) is 3.31. The minimum atomic E-state index is -0.187. The lowest BCUT2D eigenvalue weighted by molar-refractivity contribution is 0.102. The Labute approximate surface area is 114 Å². The van der Waals surface area contributed by atoms with E-state index in [0.29, 0.717) is 16.2 Å². The fourth-order valence-corrected chi connectivity index (χ4v) is 2.03. The first-order valence-electron chi connectivity index (χ1n) is 5.72. The summed E-state index contributed by atoms with van der Waals surface area (Å²) in [6, 6.07) is 9.47. The van der Waals surface area contributed by atoms with Crippen molar-refractivity contribution in [2.75, 3.05) is 5.32 Å². The average Bonchev–Trinajstić information content (AvgIpc) is 2.76. The highest BCUT2D eigenvalue weighted by molar-refractivity contribution is 9.10. The third-order valence-electron chi connectivity index (χ3n) is 2.70. The second-order valence-electron chi connectivity index (χ2n) is 4.34. The largest absolute Gasteiger partial charge is 0.457 e. The van der Waals surface area contributed by atoms with Gasteiger partial charge in [-0.25, -0.2) is 0 Å². The second kappa shape index (κ2) is 5.40.